The summed E-state index contributed by atoms with van der Waals surface area (Å²) in [6, 6.07) is 6.00. The first-order chi connectivity index (χ1) is 8.17. The fraction of sp³-hybridized carbons (Fsp3) is 0.538. The van der Waals surface area contributed by atoms with Crippen molar-refractivity contribution >= 4 is 5.69 Å². The lowest BCUT2D eigenvalue weighted by molar-refractivity contribution is 0.395. The van der Waals surface area contributed by atoms with E-state index in [0.29, 0.717) is 0 Å². The minimum atomic E-state index is 0.259. The van der Waals surface area contributed by atoms with E-state index in [9.17, 15) is 0 Å². The van der Waals surface area contributed by atoms with Crippen molar-refractivity contribution in [3.8, 4) is 11.5 Å². The van der Waals surface area contributed by atoms with Gasteiger partial charge in [0.25, 0.3) is 0 Å². The summed E-state index contributed by atoms with van der Waals surface area (Å²) in [5, 5.41) is 3.33. The Morgan fingerprint density at radius 1 is 1.29 bits per heavy atom. The third kappa shape index (κ3) is 4.53. The Labute approximate surface area is 103 Å². The third-order valence-electron chi connectivity index (χ3n) is 2.56. The number of anilines is 1. The van der Waals surface area contributed by atoms with Gasteiger partial charge in [-0.1, -0.05) is 0 Å². The maximum Gasteiger partial charge on any atom is 0.145 e. The summed E-state index contributed by atoms with van der Waals surface area (Å²) < 4.78 is 10.4. The van der Waals surface area contributed by atoms with Crippen molar-refractivity contribution in [3.05, 3.63) is 18.2 Å². The van der Waals surface area contributed by atoms with Crippen molar-refractivity contribution in [3.63, 3.8) is 0 Å². The molecule has 4 heteroatoms. The summed E-state index contributed by atoms with van der Waals surface area (Å²) in [4.78, 5) is 0. The second kappa shape index (κ2) is 7.01. The first-order valence-electron chi connectivity index (χ1n) is 5.89. The van der Waals surface area contributed by atoms with E-state index in [0.717, 1.165) is 36.6 Å². The molecular weight excluding hydrogens is 216 g/mol. The Bertz CT molecular complexity index is 340. The molecule has 0 aliphatic carbocycles. The SMILES string of the molecule is COc1ccc(NCCCC(C)N)c(OC)c1. The number of hydrogen-bond acceptors (Lipinski definition) is 4. The molecule has 0 heterocycles. The second-order valence-electron chi connectivity index (χ2n) is 4.11. The molecule has 1 aromatic rings. The predicted octanol–water partition coefficient (Wildman–Crippen LogP) is 2.24. The maximum absolute atomic E-state index is 5.70. The number of rotatable bonds is 7. The summed E-state index contributed by atoms with van der Waals surface area (Å²) in [6.45, 7) is 2.91. The molecule has 1 aromatic carbocycles. The quantitative estimate of drug-likeness (QED) is 0.715. The van der Waals surface area contributed by atoms with E-state index in [-0.39, 0.29) is 6.04 Å². The highest BCUT2D eigenvalue weighted by Gasteiger charge is 2.04. The van der Waals surface area contributed by atoms with E-state index in [1.165, 1.54) is 0 Å². The van der Waals surface area contributed by atoms with Crippen molar-refractivity contribution in [1.29, 1.82) is 0 Å². The van der Waals surface area contributed by atoms with Crippen LogP contribution in [0.3, 0.4) is 0 Å². The van der Waals surface area contributed by atoms with Gasteiger partial charge in [-0.25, -0.2) is 0 Å². The highest BCUT2D eigenvalue weighted by molar-refractivity contribution is 5.59. The molecule has 0 aliphatic rings. The fourth-order valence-corrected chi connectivity index (χ4v) is 1.59. The van der Waals surface area contributed by atoms with Crippen LogP contribution in [0.2, 0.25) is 0 Å². The molecule has 0 aliphatic heterocycles. The monoisotopic (exact) mass is 238 g/mol. The zero-order valence-electron chi connectivity index (χ0n) is 10.8. The van der Waals surface area contributed by atoms with Gasteiger partial charge in [0, 0.05) is 18.7 Å². The van der Waals surface area contributed by atoms with Gasteiger partial charge in [-0.2, -0.15) is 0 Å². The molecule has 0 radical (unpaired) electrons. The molecule has 4 nitrogen and oxygen atoms in total. The molecule has 1 rings (SSSR count). The minimum absolute atomic E-state index is 0.259. The Morgan fingerprint density at radius 3 is 2.65 bits per heavy atom. The average molecular weight is 238 g/mol. The molecule has 1 unspecified atom stereocenters. The highest BCUT2D eigenvalue weighted by atomic mass is 16.5. The molecule has 0 bridgehead atoms. The molecule has 0 amide bonds. The number of nitrogens with one attached hydrogen (secondary N) is 1. The number of hydrogen-bond donors (Lipinski definition) is 2. The van der Waals surface area contributed by atoms with Crippen LogP contribution in [0.15, 0.2) is 18.2 Å². The second-order valence-corrected chi connectivity index (χ2v) is 4.11. The molecule has 0 saturated heterocycles. The normalized spacial score (nSPS) is 12.0. The lowest BCUT2D eigenvalue weighted by atomic mass is 10.2. The summed E-state index contributed by atoms with van der Waals surface area (Å²) in [5.41, 5.74) is 6.68. The smallest absolute Gasteiger partial charge is 0.145 e. The van der Waals surface area contributed by atoms with Gasteiger partial charge in [-0.3, -0.25) is 0 Å². The van der Waals surface area contributed by atoms with Gasteiger partial charge in [0.2, 0.25) is 0 Å². The molecule has 96 valence electrons. The summed E-state index contributed by atoms with van der Waals surface area (Å²) >= 11 is 0. The van der Waals surface area contributed by atoms with Crippen LogP contribution in [0.25, 0.3) is 0 Å². The number of methoxy groups -OCH3 is 2. The van der Waals surface area contributed by atoms with Crippen molar-refractivity contribution in [2.75, 3.05) is 26.1 Å². The van der Waals surface area contributed by atoms with Crippen molar-refractivity contribution in [2.24, 2.45) is 5.73 Å². The van der Waals surface area contributed by atoms with Gasteiger partial charge in [0.1, 0.15) is 11.5 Å². The zero-order valence-corrected chi connectivity index (χ0v) is 10.8. The van der Waals surface area contributed by atoms with Gasteiger partial charge in [0.05, 0.1) is 19.9 Å². The lowest BCUT2D eigenvalue weighted by Crippen LogP contribution is -2.16. The van der Waals surface area contributed by atoms with Gasteiger partial charge < -0.3 is 20.5 Å². The topological polar surface area (TPSA) is 56.5 Å². The van der Waals surface area contributed by atoms with Crippen molar-refractivity contribution in [2.45, 2.75) is 25.8 Å². The van der Waals surface area contributed by atoms with E-state index in [2.05, 4.69) is 5.32 Å². The van der Waals surface area contributed by atoms with Crippen LogP contribution in [0.1, 0.15) is 19.8 Å². The van der Waals surface area contributed by atoms with E-state index in [1.54, 1.807) is 14.2 Å². The first-order valence-corrected chi connectivity index (χ1v) is 5.89. The molecular formula is C13H22N2O2. The largest absolute Gasteiger partial charge is 0.497 e. The molecule has 0 fully saturated rings. The fourth-order valence-electron chi connectivity index (χ4n) is 1.59. The Hall–Kier alpha value is -1.42. The Balaban J connectivity index is 2.52. The number of nitrogens with two attached hydrogens (primary N) is 1. The van der Waals surface area contributed by atoms with Gasteiger partial charge in [-0.15, -0.1) is 0 Å². The van der Waals surface area contributed by atoms with Crippen molar-refractivity contribution in [1.82, 2.24) is 0 Å². The highest BCUT2D eigenvalue weighted by Crippen LogP contribution is 2.28. The zero-order chi connectivity index (χ0) is 12.7. The standard InChI is InChI=1S/C13H22N2O2/c1-10(14)5-4-8-15-12-7-6-11(16-2)9-13(12)17-3/h6-7,9-10,15H,4-5,8,14H2,1-3H3. The van der Waals surface area contributed by atoms with Gasteiger partial charge in [0.15, 0.2) is 0 Å². The predicted molar refractivity (Wildman–Crippen MR) is 70.9 cm³/mol. The first kappa shape index (κ1) is 13.6. The maximum atomic E-state index is 5.70. The van der Waals surface area contributed by atoms with E-state index < -0.39 is 0 Å². The van der Waals surface area contributed by atoms with Crippen LogP contribution in [0.5, 0.6) is 11.5 Å². The summed E-state index contributed by atoms with van der Waals surface area (Å²) in [6.07, 6.45) is 2.07. The van der Waals surface area contributed by atoms with Crippen LogP contribution in [0, 0.1) is 0 Å². The number of ether oxygens (including phenoxy) is 2. The molecule has 3 N–H and O–H groups in total. The third-order valence-corrected chi connectivity index (χ3v) is 2.56. The molecule has 0 aromatic heterocycles. The lowest BCUT2D eigenvalue weighted by Gasteiger charge is -2.12. The van der Waals surface area contributed by atoms with Crippen LogP contribution in [0.4, 0.5) is 5.69 Å². The van der Waals surface area contributed by atoms with Crippen LogP contribution >= 0.6 is 0 Å². The van der Waals surface area contributed by atoms with Crippen LogP contribution in [-0.4, -0.2) is 26.8 Å². The average Bonchev–Trinajstić information content (AvgIpc) is 2.34. The van der Waals surface area contributed by atoms with E-state index in [1.807, 2.05) is 25.1 Å². The Morgan fingerprint density at radius 2 is 2.06 bits per heavy atom. The number of benzene rings is 1. The molecule has 0 saturated carbocycles. The van der Waals surface area contributed by atoms with Gasteiger partial charge in [-0.05, 0) is 31.9 Å². The van der Waals surface area contributed by atoms with E-state index >= 15 is 0 Å². The van der Waals surface area contributed by atoms with E-state index in [4.69, 9.17) is 15.2 Å². The van der Waals surface area contributed by atoms with Crippen LogP contribution < -0.4 is 20.5 Å². The molecule has 0 spiro atoms. The molecule has 1 atom stereocenters. The van der Waals surface area contributed by atoms with Gasteiger partial charge >= 0.3 is 0 Å². The van der Waals surface area contributed by atoms with Crippen LogP contribution in [-0.2, 0) is 0 Å². The summed E-state index contributed by atoms with van der Waals surface area (Å²) in [5.74, 6) is 1.59. The minimum Gasteiger partial charge on any atom is -0.497 e. The Kier molecular flexibility index (Phi) is 5.63. The molecule has 17 heavy (non-hydrogen) atoms. The van der Waals surface area contributed by atoms with Crippen molar-refractivity contribution < 1.29 is 9.47 Å². The summed E-state index contributed by atoms with van der Waals surface area (Å²) in [7, 11) is 3.30.